The summed E-state index contributed by atoms with van der Waals surface area (Å²) in [6.07, 6.45) is -0.454. The number of rotatable bonds is 14. The molecule has 6 N–H and O–H groups in total. The Morgan fingerprint density at radius 2 is 1.08 bits per heavy atom. The van der Waals surface area contributed by atoms with E-state index in [2.05, 4.69) is 37.3 Å². The maximum absolute atomic E-state index is 12.0. The minimum Gasteiger partial charge on any atom is -0.494 e. The zero-order valence-electron chi connectivity index (χ0n) is 20.2. The maximum atomic E-state index is 12.0. The fraction of sp³-hybridized carbons (Fsp3) is 0.455. The number of carbonyl (C=O) groups excluding carboxylic acids is 6. The number of anilines is 1. The van der Waals surface area contributed by atoms with E-state index in [0.717, 1.165) is 0 Å². The van der Waals surface area contributed by atoms with E-state index in [1.165, 1.54) is 7.11 Å². The summed E-state index contributed by atoms with van der Waals surface area (Å²) in [6.45, 7) is 2.40. The fourth-order valence-electron chi connectivity index (χ4n) is 2.58. The zero-order chi connectivity index (χ0) is 26.8. The number of amides is 6. The summed E-state index contributed by atoms with van der Waals surface area (Å²) in [5, 5.41) is 2.66. The van der Waals surface area contributed by atoms with Gasteiger partial charge in [-0.15, -0.1) is 0 Å². The molecule has 0 aliphatic rings. The SMILES string of the molecule is CCOc1ccc(NC(=O)CCC(=O)NNC(=O)CCCC(=O)NNC(=O)CCC(=O)NOC)cc1. The molecule has 0 aliphatic heterocycles. The number of benzene rings is 1. The van der Waals surface area contributed by atoms with Crippen LogP contribution in [-0.4, -0.2) is 49.2 Å². The van der Waals surface area contributed by atoms with Crippen molar-refractivity contribution in [2.75, 3.05) is 19.0 Å². The summed E-state index contributed by atoms with van der Waals surface area (Å²) in [6, 6.07) is 6.80. The van der Waals surface area contributed by atoms with Crippen molar-refractivity contribution in [3.05, 3.63) is 24.3 Å². The third kappa shape index (κ3) is 14.1. The van der Waals surface area contributed by atoms with Gasteiger partial charge in [-0.3, -0.25) is 55.3 Å². The van der Waals surface area contributed by atoms with Gasteiger partial charge in [0, 0.05) is 44.2 Å². The average molecular weight is 509 g/mol. The van der Waals surface area contributed by atoms with Crippen molar-refractivity contribution in [1.82, 2.24) is 27.2 Å². The van der Waals surface area contributed by atoms with Crippen LogP contribution >= 0.6 is 0 Å². The van der Waals surface area contributed by atoms with Gasteiger partial charge in [0.05, 0.1) is 13.7 Å². The first-order valence-corrected chi connectivity index (χ1v) is 11.2. The second-order valence-electron chi connectivity index (χ2n) is 7.28. The van der Waals surface area contributed by atoms with Crippen molar-refractivity contribution >= 4 is 41.1 Å². The van der Waals surface area contributed by atoms with Crippen LogP contribution in [0.4, 0.5) is 5.69 Å². The molecule has 0 bridgehead atoms. The highest BCUT2D eigenvalue weighted by atomic mass is 16.6. The first-order chi connectivity index (χ1) is 17.2. The van der Waals surface area contributed by atoms with Gasteiger partial charge in [0.25, 0.3) is 0 Å². The van der Waals surface area contributed by atoms with Gasteiger partial charge in [0.2, 0.25) is 35.4 Å². The summed E-state index contributed by atoms with van der Waals surface area (Å²) in [7, 11) is 1.26. The summed E-state index contributed by atoms with van der Waals surface area (Å²) >= 11 is 0. The molecule has 0 aromatic heterocycles. The van der Waals surface area contributed by atoms with Crippen LogP contribution in [-0.2, 0) is 33.6 Å². The van der Waals surface area contributed by atoms with Gasteiger partial charge < -0.3 is 10.1 Å². The van der Waals surface area contributed by atoms with Crippen molar-refractivity contribution < 1.29 is 38.3 Å². The molecule has 0 aliphatic carbocycles. The second kappa shape index (κ2) is 17.3. The fourth-order valence-corrected chi connectivity index (χ4v) is 2.58. The number of hydrogen-bond acceptors (Lipinski definition) is 8. The summed E-state index contributed by atoms with van der Waals surface area (Å²) in [5.74, 6) is -2.34. The van der Waals surface area contributed by atoms with E-state index in [4.69, 9.17) is 4.74 Å². The van der Waals surface area contributed by atoms with Gasteiger partial charge in [-0.05, 0) is 37.6 Å². The molecule has 0 saturated carbocycles. The second-order valence-corrected chi connectivity index (χ2v) is 7.28. The predicted octanol–water partition coefficient (Wildman–Crippen LogP) is -0.273. The normalized spacial score (nSPS) is 9.94. The lowest BCUT2D eigenvalue weighted by Crippen LogP contribution is -2.42. The molecule has 1 rings (SSSR count). The van der Waals surface area contributed by atoms with E-state index in [0.29, 0.717) is 18.0 Å². The number of hydroxylamine groups is 1. The van der Waals surface area contributed by atoms with Crippen LogP contribution in [0.1, 0.15) is 51.9 Å². The Labute approximate surface area is 208 Å². The van der Waals surface area contributed by atoms with Gasteiger partial charge in [-0.1, -0.05) is 0 Å². The van der Waals surface area contributed by atoms with Gasteiger partial charge >= 0.3 is 0 Å². The number of nitrogens with one attached hydrogen (secondary N) is 6. The third-order valence-corrected chi connectivity index (χ3v) is 4.31. The number of ether oxygens (including phenoxy) is 1. The Morgan fingerprint density at radius 1 is 0.639 bits per heavy atom. The smallest absolute Gasteiger partial charge is 0.244 e. The average Bonchev–Trinajstić information content (AvgIpc) is 2.85. The summed E-state index contributed by atoms with van der Waals surface area (Å²) < 4.78 is 5.32. The molecule has 14 heteroatoms. The predicted molar refractivity (Wildman–Crippen MR) is 126 cm³/mol. The highest BCUT2D eigenvalue weighted by Gasteiger charge is 2.11. The molecule has 0 spiro atoms. The van der Waals surface area contributed by atoms with Crippen molar-refractivity contribution in [2.24, 2.45) is 0 Å². The molecule has 0 heterocycles. The van der Waals surface area contributed by atoms with Gasteiger partial charge in [-0.2, -0.15) is 0 Å². The van der Waals surface area contributed by atoms with E-state index >= 15 is 0 Å². The molecule has 0 saturated heterocycles. The Hall–Kier alpha value is -4.20. The zero-order valence-corrected chi connectivity index (χ0v) is 20.2. The van der Waals surface area contributed by atoms with E-state index in [9.17, 15) is 28.8 Å². The molecular weight excluding hydrogens is 476 g/mol. The molecule has 0 atom stereocenters. The number of hydrogen-bond donors (Lipinski definition) is 6. The van der Waals surface area contributed by atoms with Crippen LogP contribution in [0.3, 0.4) is 0 Å². The minimum absolute atomic E-state index is 0.0580. The molecule has 0 unspecified atom stereocenters. The Balaban J connectivity index is 2.12. The van der Waals surface area contributed by atoms with Crippen LogP contribution < -0.4 is 37.2 Å². The van der Waals surface area contributed by atoms with Gasteiger partial charge in [0.1, 0.15) is 5.75 Å². The minimum atomic E-state index is -0.566. The third-order valence-electron chi connectivity index (χ3n) is 4.31. The van der Waals surface area contributed by atoms with Crippen molar-refractivity contribution in [2.45, 2.75) is 51.9 Å². The van der Waals surface area contributed by atoms with Gasteiger partial charge in [-0.25, -0.2) is 5.48 Å². The monoisotopic (exact) mass is 508 g/mol. The lowest BCUT2D eigenvalue weighted by Gasteiger charge is -2.09. The topological polar surface area (TPSA) is 193 Å². The van der Waals surface area contributed by atoms with Crippen LogP contribution in [0.25, 0.3) is 0 Å². The van der Waals surface area contributed by atoms with Crippen LogP contribution in [0, 0.1) is 0 Å². The molecular formula is C22H32N6O8. The lowest BCUT2D eigenvalue weighted by atomic mass is 10.2. The molecule has 0 fully saturated rings. The maximum Gasteiger partial charge on any atom is 0.244 e. The van der Waals surface area contributed by atoms with E-state index in [-0.39, 0.29) is 50.9 Å². The summed E-state index contributed by atoms with van der Waals surface area (Å²) in [4.78, 5) is 74.4. The Morgan fingerprint density at radius 3 is 1.56 bits per heavy atom. The molecule has 1 aromatic rings. The molecule has 1 aromatic carbocycles. The van der Waals surface area contributed by atoms with Crippen LogP contribution in [0.2, 0.25) is 0 Å². The first kappa shape index (κ1) is 29.8. The number of carbonyl (C=O) groups is 6. The van der Waals surface area contributed by atoms with Crippen molar-refractivity contribution in [3.8, 4) is 5.75 Å². The molecule has 0 radical (unpaired) electrons. The van der Waals surface area contributed by atoms with E-state index < -0.39 is 29.5 Å². The molecule has 6 amide bonds. The van der Waals surface area contributed by atoms with Gasteiger partial charge in [0.15, 0.2) is 0 Å². The molecule has 14 nitrogen and oxygen atoms in total. The first-order valence-electron chi connectivity index (χ1n) is 11.2. The quantitative estimate of drug-likeness (QED) is 0.185. The van der Waals surface area contributed by atoms with Crippen molar-refractivity contribution in [1.29, 1.82) is 0 Å². The number of hydrazine groups is 2. The van der Waals surface area contributed by atoms with Crippen LogP contribution in [0.5, 0.6) is 5.75 Å². The summed E-state index contributed by atoms with van der Waals surface area (Å²) in [5.41, 5.74) is 11.3. The Kier molecular flexibility index (Phi) is 14.3. The Bertz CT molecular complexity index is 906. The highest BCUT2D eigenvalue weighted by Crippen LogP contribution is 2.15. The van der Waals surface area contributed by atoms with E-state index in [1.54, 1.807) is 24.3 Å². The van der Waals surface area contributed by atoms with Crippen LogP contribution in [0.15, 0.2) is 24.3 Å². The van der Waals surface area contributed by atoms with Crippen molar-refractivity contribution in [3.63, 3.8) is 0 Å². The van der Waals surface area contributed by atoms with E-state index in [1.807, 2.05) is 6.92 Å². The largest absolute Gasteiger partial charge is 0.494 e. The highest BCUT2D eigenvalue weighted by molar-refractivity contribution is 5.93. The standard InChI is InChI=1S/C22H32N6O8/c1-3-36-16-9-7-15(8-10-16)23-17(29)11-12-20(32)26-24-18(30)5-4-6-19(31)25-27-21(33)13-14-22(34)28-35-2/h7-10H,3-6,11-14H2,1-2H3,(H,23,29)(H,24,30)(H,25,31)(H,26,32)(H,27,33)(H,28,34). The molecule has 36 heavy (non-hydrogen) atoms. The molecule has 198 valence electrons. The lowest BCUT2D eigenvalue weighted by molar-refractivity contribution is -0.134.